The Morgan fingerprint density at radius 3 is 2.54 bits per heavy atom. The number of esters is 1. The number of benzene rings is 1. The molecule has 1 atom stereocenters. The van der Waals surface area contributed by atoms with Crippen LogP contribution in [-0.2, 0) is 4.74 Å². The van der Waals surface area contributed by atoms with Gasteiger partial charge in [-0.15, -0.1) is 0 Å². The zero-order valence-electron chi connectivity index (χ0n) is 7.65. The second-order valence-electron chi connectivity index (χ2n) is 2.34. The van der Waals surface area contributed by atoms with E-state index in [9.17, 15) is 4.79 Å². The molecule has 0 aliphatic carbocycles. The number of hydrogen-bond acceptors (Lipinski definition) is 3. The summed E-state index contributed by atoms with van der Waals surface area (Å²) in [4.78, 5) is 10.9. The molecule has 13 heavy (non-hydrogen) atoms. The SMILES string of the molecule is CC.O=C1OC(O)c2ccccc21. The monoisotopic (exact) mass is 180 g/mol. The predicted molar refractivity (Wildman–Crippen MR) is 48.2 cm³/mol. The molecule has 70 valence electrons. The molecule has 1 aliphatic rings. The van der Waals surface area contributed by atoms with Crippen LogP contribution in [0.15, 0.2) is 24.3 Å². The molecule has 1 N–H and O–H groups in total. The number of carbonyl (C=O) groups excluding carboxylic acids is 1. The molecule has 2 rings (SSSR count). The lowest BCUT2D eigenvalue weighted by molar-refractivity contribution is -0.0547. The first-order chi connectivity index (χ1) is 6.29. The Hall–Kier alpha value is -1.35. The summed E-state index contributed by atoms with van der Waals surface area (Å²) in [6.45, 7) is 4.00. The fraction of sp³-hybridized carbons (Fsp3) is 0.300. The minimum Gasteiger partial charge on any atom is -0.428 e. The van der Waals surface area contributed by atoms with Crippen LogP contribution < -0.4 is 0 Å². The third-order valence-electron chi connectivity index (χ3n) is 1.67. The molecule has 0 aromatic heterocycles. The Labute approximate surface area is 77.0 Å². The molecule has 1 aromatic rings. The summed E-state index contributed by atoms with van der Waals surface area (Å²) in [5.74, 6) is -0.451. The molecule has 3 nitrogen and oxygen atoms in total. The molecule has 0 saturated heterocycles. The van der Waals surface area contributed by atoms with Crippen LogP contribution >= 0.6 is 0 Å². The van der Waals surface area contributed by atoms with E-state index < -0.39 is 12.3 Å². The normalized spacial score (nSPS) is 18.4. The predicted octanol–water partition coefficient (Wildman–Crippen LogP) is 1.87. The Balaban J connectivity index is 0.000000396. The fourth-order valence-electron chi connectivity index (χ4n) is 1.13. The molecular weight excluding hydrogens is 168 g/mol. The molecular formula is C10H12O3. The average molecular weight is 180 g/mol. The molecule has 0 amide bonds. The summed E-state index contributed by atoms with van der Waals surface area (Å²) >= 11 is 0. The van der Waals surface area contributed by atoms with Gasteiger partial charge < -0.3 is 9.84 Å². The van der Waals surface area contributed by atoms with Crippen molar-refractivity contribution in [2.75, 3.05) is 0 Å². The van der Waals surface area contributed by atoms with Crippen LogP contribution in [0, 0.1) is 0 Å². The molecule has 1 heterocycles. The summed E-state index contributed by atoms with van der Waals surface area (Å²) in [7, 11) is 0. The Bertz CT molecular complexity index is 307. The molecule has 1 aromatic carbocycles. The highest BCUT2D eigenvalue weighted by atomic mass is 16.6. The van der Waals surface area contributed by atoms with Gasteiger partial charge in [-0.05, 0) is 6.07 Å². The maximum absolute atomic E-state index is 10.9. The van der Waals surface area contributed by atoms with Gasteiger partial charge in [0.05, 0.1) is 5.56 Å². The van der Waals surface area contributed by atoms with Crippen molar-refractivity contribution in [1.29, 1.82) is 0 Å². The van der Waals surface area contributed by atoms with E-state index in [0.717, 1.165) is 0 Å². The van der Waals surface area contributed by atoms with Crippen molar-refractivity contribution in [3.8, 4) is 0 Å². The molecule has 0 saturated carbocycles. The van der Waals surface area contributed by atoms with Crippen LogP contribution in [0.3, 0.4) is 0 Å². The number of rotatable bonds is 0. The third kappa shape index (κ3) is 1.70. The highest BCUT2D eigenvalue weighted by Gasteiger charge is 2.28. The second-order valence-corrected chi connectivity index (χ2v) is 2.34. The van der Waals surface area contributed by atoms with E-state index in [1.54, 1.807) is 24.3 Å². The molecule has 1 aliphatic heterocycles. The summed E-state index contributed by atoms with van der Waals surface area (Å²) in [6.07, 6.45) is -1.07. The topological polar surface area (TPSA) is 46.5 Å². The van der Waals surface area contributed by atoms with Crippen molar-refractivity contribution in [2.24, 2.45) is 0 Å². The van der Waals surface area contributed by atoms with Crippen molar-refractivity contribution in [2.45, 2.75) is 20.1 Å². The maximum atomic E-state index is 10.9. The van der Waals surface area contributed by atoms with E-state index in [0.29, 0.717) is 11.1 Å². The summed E-state index contributed by atoms with van der Waals surface area (Å²) in [5, 5.41) is 9.11. The molecule has 1 unspecified atom stereocenters. The summed E-state index contributed by atoms with van der Waals surface area (Å²) < 4.78 is 4.55. The Kier molecular flexibility index (Phi) is 3.03. The van der Waals surface area contributed by atoms with Gasteiger partial charge in [0.2, 0.25) is 6.29 Å². The zero-order valence-corrected chi connectivity index (χ0v) is 7.65. The Morgan fingerprint density at radius 1 is 1.31 bits per heavy atom. The number of aliphatic hydroxyl groups excluding tert-OH is 1. The first-order valence-corrected chi connectivity index (χ1v) is 4.27. The van der Waals surface area contributed by atoms with Crippen LogP contribution in [-0.4, -0.2) is 11.1 Å². The van der Waals surface area contributed by atoms with Crippen molar-refractivity contribution >= 4 is 5.97 Å². The molecule has 0 bridgehead atoms. The third-order valence-corrected chi connectivity index (χ3v) is 1.67. The van der Waals surface area contributed by atoms with Gasteiger partial charge in [-0.3, -0.25) is 0 Å². The van der Waals surface area contributed by atoms with Crippen LogP contribution in [0.25, 0.3) is 0 Å². The lowest BCUT2D eigenvalue weighted by Gasteiger charge is -1.98. The quantitative estimate of drug-likeness (QED) is 0.620. The van der Waals surface area contributed by atoms with Crippen LogP contribution in [0.1, 0.15) is 36.1 Å². The fourth-order valence-corrected chi connectivity index (χ4v) is 1.13. The number of hydrogen-bond donors (Lipinski definition) is 1. The van der Waals surface area contributed by atoms with E-state index in [-0.39, 0.29) is 0 Å². The van der Waals surface area contributed by atoms with E-state index in [2.05, 4.69) is 4.74 Å². The average Bonchev–Trinajstić information content (AvgIpc) is 2.47. The van der Waals surface area contributed by atoms with Crippen LogP contribution in [0.4, 0.5) is 0 Å². The number of carbonyl (C=O) groups is 1. The number of fused-ring (bicyclic) bond motifs is 1. The Morgan fingerprint density at radius 2 is 1.92 bits per heavy atom. The van der Waals surface area contributed by atoms with E-state index in [1.165, 1.54) is 0 Å². The second kappa shape index (κ2) is 4.05. The first kappa shape index (κ1) is 9.74. The number of aliphatic hydroxyl groups is 1. The zero-order chi connectivity index (χ0) is 9.84. The molecule has 0 spiro atoms. The molecule has 0 radical (unpaired) electrons. The molecule has 0 fully saturated rings. The van der Waals surface area contributed by atoms with Crippen molar-refractivity contribution in [1.82, 2.24) is 0 Å². The van der Waals surface area contributed by atoms with Crippen molar-refractivity contribution < 1.29 is 14.6 Å². The van der Waals surface area contributed by atoms with Crippen LogP contribution in [0.2, 0.25) is 0 Å². The van der Waals surface area contributed by atoms with Gasteiger partial charge in [-0.1, -0.05) is 32.0 Å². The van der Waals surface area contributed by atoms with Crippen molar-refractivity contribution in [3.05, 3.63) is 35.4 Å². The lowest BCUT2D eigenvalue weighted by Crippen LogP contribution is -1.95. The van der Waals surface area contributed by atoms with Gasteiger partial charge in [0.25, 0.3) is 0 Å². The minimum atomic E-state index is -1.07. The summed E-state index contributed by atoms with van der Waals surface area (Å²) in [5.41, 5.74) is 1.01. The number of ether oxygens (including phenoxy) is 1. The smallest absolute Gasteiger partial charge is 0.341 e. The van der Waals surface area contributed by atoms with Gasteiger partial charge in [0.15, 0.2) is 0 Å². The highest BCUT2D eigenvalue weighted by Crippen LogP contribution is 2.27. The lowest BCUT2D eigenvalue weighted by atomic mass is 10.1. The highest BCUT2D eigenvalue weighted by molar-refractivity contribution is 5.93. The largest absolute Gasteiger partial charge is 0.428 e. The maximum Gasteiger partial charge on any atom is 0.341 e. The number of cyclic esters (lactones) is 1. The van der Waals surface area contributed by atoms with Gasteiger partial charge in [0.1, 0.15) is 0 Å². The van der Waals surface area contributed by atoms with E-state index in [4.69, 9.17) is 5.11 Å². The van der Waals surface area contributed by atoms with Gasteiger partial charge in [0, 0.05) is 5.56 Å². The van der Waals surface area contributed by atoms with Crippen molar-refractivity contribution in [3.63, 3.8) is 0 Å². The van der Waals surface area contributed by atoms with Gasteiger partial charge in [-0.2, -0.15) is 0 Å². The first-order valence-electron chi connectivity index (χ1n) is 4.27. The van der Waals surface area contributed by atoms with Gasteiger partial charge in [-0.25, -0.2) is 4.79 Å². The standard InChI is InChI=1S/C8H6O3.C2H6/c9-7-5-3-1-2-4-6(5)8(10)11-7;1-2/h1-4,7,9H;1-2H3. The van der Waals surface area contributed by atoms with Crippen LogP contribution in [0.5, 0.6) is 0 Å². The minimum absolute atomic E-state index is 0.451. The summed E-state index contributed by atoms with van der Waals surface area (Å²) in [6, 6.07) is 6.79. The van der Waals surface area contributed by atoms with E-state index >= 15 is 0 Å². The molecule has 3 heteroatoms. The van der Waals surface area contributed by atoms with Gasteiger partial charge >= 0.3 is 5.97 Å². The van der Waals surface area contributed by atoms with E-state index in [1.807, 2.05) is 13.8 Å².